The van der Waals surface area contributed by atoms with Gasteiger partial charge in [0.2, 0.25) is 10.0 Å². The summed E-state index contributed by atoms with van der Waals surface area (Å²) in [5.74, 6) is -0.398. The molecule has 0 aliphatic heterocycles. The Morgan fingerprint density at radius 3 is 2.55 bits per heavy atom. The molecule has 0 spiro atoms. The third-order valence-corrected chi connectivity index (χ3v) is 6.18. The van der Waals surface area contributed by atoms with Crippen molar-refractivity contribution in [2.45, 2.75) is 30.0 Å². The molecule has 1 aromatic carbocycles. The molecule has 0 atom stereocenters. The molecule has 1 aromatic rings. The zero-order chi connectivity index (χ0) is 14.9. The van der Waals surface area contributed by atoms with Crippen molar-refractivity contribution >= 4 is 33.2 Å². The Labute approximate surface area is 128 Å². The van der Waals surface area contributed by atoms with Gasteiger partial charge in [0.05, 0.1) is 9.92 Å². The average Bonchev–Trinajstić information content (AvgIpc) is 2.36. The quantitative estimate of drug-likeness (QED) is 0.768. The molecule has 0 radical (unpaired) electrons. The van der Waals surface area contributed by atoms with E-state index in [1.165, 1.54) is 17.4 Å². The van der Waals surface area contributed by atoms with E-state index < -0.39 is 15.8 Å². The fraction of sp³-hybridized carbons (Fsp3) is 0.538. The Hall–Kier alpha value is -0.360. The van der Waals surface area contributed by atoms with Crippen LogP contribution < -0.4 is 0 Å². The highest BCUT2D eigenvalue weighted by atomic mass is 35.5. The summed E-state index contributed by atoms with van der Waals surface area (Å²) < 4.78 is 39.8. The molecule has 20 heavy (non-hydrogen) atoms. The first-order valence-electron chi connectivity index (χ1n) is 6.36. The average molecular weight is 340 g/mol. The minimum atomic E-state index is -3.71. The van der Waals surface area contributed by atoms with Crippen LogP contribution in [0.5, 0.6) is 0 Å². The monoisotopic (exact) mass is 339 g/mol. The molecule has 1 saturated carbocycles. The summed E-state index contributed by atoms with van der Waals surface area (Å²) >= 11 is 11.4. The summed E-state index contributed by atoms with van der Waals surface area (Å²) in [6, 6.07) is 2.29. The number of sulfonamides is 1. The van der Waals surface area contributed by atoms with Gasteiger partial charge in [0.15, 0.2) is 0 Å². The van der Waals surface area contributed by atoms with Crippen molar-refractivity contribution < 1.29 is 12.8 Å². The van der Waals surface area contributed by atoms with E-state index >= 15 is 0 Å². The first kappa shape index (κ1) is 16.0. The molecule has 0 N–H and O–H groups in total. The molecule has 1 aliphatic carbocycles. The van der Waals surface area contributed by atoms with Gasteiger partial charge in [-0.25, -0.2) is 17.1 Å². The SMILES string of the molecule is CN(CC1CCC1)S(=O)(=O)c1cc(F)c(Cl)c(CCl)c1. The van der Waals surface area contributed by atoms with Crippen molar-refractivity contribution in [3.8, 4) is 0 Å². The highest BCUT2D eigenvalue weighted by Crippen LogP contribution is 2.30. The predicted molar refractivity (Wildman–Crippen MR) is 78.1 cm³/mol. The topological polar surface area (TPSA) is 37.4 Å². The van der Waals surface area contributed by atoms with Gasteiger partial charge in [-0.2, -0.15) is 0 Å². The number of nitrogens with zero attached hydrogens (tertiary/aromatic N) is 1. The minimum absolute atomic E-state index is 0.0363. The van der Waals surface area contributed by atoms with Crippen LogP contribution in [0.3, 0.4) is 0 Å². The Morgan fingerprint density at radius 1 is 1.40 bits per heavy atom. The van der Waals surface area contributed by atoms with Crippen LogP contribution in [-0.4, -0.2) is 26.3 Å². The van der Waals surface area contributed by atoms with Crippen LogP contribution in [0.4, 0.5) is 4.39 Å². The third kappa shape index (κ3) is 3.11. The molecule has 0 aromatic heterocycles. The maximum Gasteiger partial charge on any atom is 0.242 e. The largest absolute Gasteiger partial charge is 0.242 e. The smallest absolute Gasteiger partial charge is 0.207 e. The lowest BCUT2D eigenvalue weighted by molar-refractivity contribution is 0.263. The van der Waals surface area contributed by atoms with E-state index in [1.807, 2.05) is 0 Å². The van der Waals surface area contributed by atoms with E-state index in [2.05, 4.69) is 0 Å². The highest BCUT2D eigenvalue weighted by Gasteiger charge is 2.28. The van der Waals surface area contributed by atoms with Gasteiger partial charge in [-0.1, -0.05) is 18.0 Å². The van der Waals surface area contributed by atoms with Gasteiger partial charge in [-0.15, -0.1) is 11.6 Å². The molecule has 0 unspecified atom stereocenters. The molecule has 112 valence electrons. The van der Waals surface area contributed by atoms with Gasteiger partial charge in [0, 0.05) is 19.5 Å². The summed E-state index contributed by atoms with van der Waals surface area (Å²) in [5.41, 5.74) is 0.281. The van der Waals surface area contributed by atoms with Crippen molar-refractivity contribution in [2.24, 2.45) is 5.92 Å². The number of benzene rings is 1. The lowest BCUT2D eigenvalue weighted by Gasteiger charge is -2.29. The summed E-state index contributed by atoms with van der Waals surface area (Å²) in [4.78, 5) is -0.100. The number of halogens is 3. The lowest BCUT2D eigenvalue weighted by Crippen LogP contribution is -2.34. The number of alkyl halides is 1. The van der Waals surface area contributed by atoms with E-state index in [-0.39, 0.29) is 21.4 Å². The van der Waals surface area contributed by atoms with Gasteiger partial charge < -0.3 is 0 Å². The molecule has 0 saturated heterocycles. The zero-order valence-corrected chi connectivity index (χ0v) is 13.4. The van der Waals surface area contributed by atoms with Crippen molar-refractivity contribution in [1.82, 2.24) is 4.31 Å². The molecular formula is C13H16Cl2FNO2S. The summed E-state index contributed by atoms with van der Waals surface area (Å²) in [6.07, 6.45) is 3.23. The van der Waals surface area contributed by atoms with Gasteiger partial charge in [-0.05, 0) is 36.5 Å². The maximum atomic E-state index is 13.7. The predicted octanol–water partition coefficient (Wildman–Crippen LogP) is 3.64. The van der Waals surface area contributed by atoms with E-state index in [0.717, 1.165) is 25.3 Å². The summed E-state index contributed by atoms with van der Waals surface area (Å²) in [5, 5.41) is -0.124. The molecule has 0 amide bonds. The zero-order valence-electron chi connectivity index (χ0n) is 11.1. The molecule has 0 bridgehead atoms. The standard InChI is InChI=1S/C13H16Cl2FNO2S/c1-17(8-9-3-2-4-9)20(18,19)11-5-10(7-14)13(15)12(16)6-11/h5-6,9H,2-4,7-8H2,1H3. The van der Waals surface area contributed by atoms with Crippen molar-refractivity contribution in [3.63, 3.8) is 0 Å². The third-order valence-electron chi connectivity index (χ3n) is 3.67. The van der Waals surface area contributed by atoms with Crippen LogP contribution in [0.15, 0.2) is 17.0 Å². The molecule has 2 rings (SSSR count). The Balaban J connectivity index is 2.30. The maximum absolute atomic E-state index is 13.7. The molecule has 1 fully saturated rings. The number of hydrogen-bond donors (Lipinski definition) is 0. The number of rotatable bonds is 5. The Morgan fingerprint density at radius 2 is 2.05 bits per heavy atom. The second-order valence-electron chi connectivity index (χ2n) is 5.09. The van der Waals surface area contributed by atoms with Crippen molar-refractivity contribution in [3.05, 3.63) is 28.5 Å². The van der Waals surface area contributed by atoms with Crippen molar-refractivity contribution in [2.75, 3.05) is 13.6 Å². The number of hydrogen-bond acceptors (Lipinski definition) is 2. The van der Waals surface area contributed by atoms with E-state index in [4.69, 9.17) is 23.2 Å². The first-order chi connectivity index (χ1) is 9.36. The molecule has 3 nitrogen and oxygen atoms in total. The van der Waals surface area contributed by atoms with Crippen LogP contribution >= 0.6 is 23.2 Å². The molecular weight excluding hydrogens is 324 g/mol. The fourth-order valence-electron chi connectivity index (χ4n) is 2.18. The Bertz CT molecular complexity index is 603. The van der Waals surface area contributed by atoms with Crippen LogP contribution in [0, 0.1) is 11.7 Å². The second kappa shape index (κ2) is 6.18. The molecule has 0 heterocycles. The molecule has 1 aliphatic rings. The van der Waals surface area contributed by atoms with E-state index in [0.29, 0.717) is 12.5 Å². The van der Waals surface area contributed by atoms with Gasteiger partial charge in [-0.3, -0.25) is 0 Å². The van der Waals surface area contributed by atoms with Gasteiger partial charge >= 0.3 is 0 Å². The minimum Gasteiger partial charge on any atom is -0.207 e. The molecule has 7 heteroatoms. The summed E-state index contributed by atoms with van der Waals surface area (Å²) in [7, 11) is -2.19. The van der Waals surface area contributed by atoms with Gasteiger partial charge in [0.1, 0.15) is 5.82 Å². The van der Waals surface area contributed by atoms with Crippen LogP contribution in [0.2, 0.25) is 5.02 Å². The fourth-order valence-corrected chi connectivity index (χ4v) is 3.95. The first-order valence-corrected chi connectivity index (χ1v) is 8.71. The van der Waals surface area contributed by atoms with Gasteiger partial charge in [0.25, 0.3) is 0 Å². The van der Waals surface area contributed by atoms with Crippen molar-refractivity contribution in [1.29, 1.82) is 0 Å². The van der Waals surface area contributed by atoms with Crippen LogP contribution in [-0.2, 0) is 15.9 Å². The highest BCUT2D eigenvalue weighted by molar-refractivity contribution is 7.89. The normalized spacial score (nSPS) is 16.4. The Kier molecular flexibility index (Phi) is 4.95. The van der Waals surface area contributed by atoms with E-state index in [9.17, 15) is 12.8 Å². The second-order valence-corrected chi connectivity index (χ2v) is 7.78. The summed E-state index contributed by atoms with van der Waals surface area (Å²) in [6.45, 7) is 0.461. The van der Waals surface area contributed by atoms with Crippen LogP contribution in [0.1, 0.15) is 24.8 Å². The lowest BCUT2D eigenvalue weighted by atomic mass is 9.86. The van der Waals surface area contributed by atoms with Crippen LogP contribution in [0.25, 0.3) is 0 Å². The van der Waals surface area contributed by atoms with E-state index in [1.54, 1.807) is 0 Å².